The van der Waals surface area contributed by atoms with Crippen LogP contribution >= 0.6 is 11.6 Å². The van der Waals surface area contributed by atoms with E-state index in [2.05, 4.69) is 4.74 Å². The number of carbonyl (C=O) groups excluding carboxylic acids is 3. The number of rotatable bonds is 5. The predicted molar refractivity (Wildman–Crippen MR) is 88.1 cm³/mol. The lowest BCUT2D eigenvalue weighted by molar-refractivity contribution is -0.148. The van der Waals surface area contributed by atoms with Crippen LogP contribution < -0.4 is 10.9 Å². The van der Waals surface area contributed by atoms with Gasteiger partial charge in [-0.1, -0.05) is 29.8 Å². The highest BCUT2D eigenvalue weighted by molar-refractivity contribution is 6.31. The van der Waals surface area contributed by atoms with Crippen LogP contribution in [0.5, 0.6) is 0 Å². The summed E-state index contributed by atoms with van der Waals surface area (Å²) in [6.45, 7) is -0.720. The molecule has 2 N–H and O–H groups in total. The normalized spacial score (nSPS) is 10.1. The first-order valence-corrected chi connectivity index (χ1v) is 7.68. The van der Waals surface area contributed by atoms with Crippen LogP contribution in [0.25, 0.3) is 0 Å². The molecule has 0 saturated heterocycles. The Balaban J connectivity index is 1.79. The van der Waals surface area contributed by atoms with Crippen molar-refractivity contribution in [1.82, 2.24) is 10.9 Å². The van der Waals surface area contributed by atoms with Gasteiger partial charge in [-0.25, -0.2) is 8.78 Å². The maximum Gasteiger partial charge on any atom is 0.310 e. The minimum Gasteiger partial charge on any atom is -0.455 e. The maximum atomic E-state index is 13.6. The number of amides is 2. The number of benzene rings is 2. The van der Waals surface area contributed by atoms with E-state index in [1.807, 2.05) is 10.9 Å². The van der Waals surface area contributed by atoms with Crippen molar-refractivity contribution < 1.29 is 27.9 Å². The van der Waals surface area contributed by atoms with Gasteiger partial charge < -0.3 is 4.74 Å². The molecule has 0 heterocycles. The molecule has 0 aliphatic rings. The smallest absolute Gasteiger partial charge is 0.310 e. The van der Waals surface area contributed by atoms with Gasteiger partial charge in [0.2, 0.25) is 0 Å². The van der Waals surface area contributed by atoms with E-state index in [-0.39, 0.29) is 16.1 Å². The standard InChI is InChI=1S/C17H13ClF2N2O4/c18-12-5-3-7-14(20)11(12)8-16(24)26-9-15(23)21-22-17(25)10-4-1-2-6-13(10)19/h1-7H,8-9H2,(H,21,23)(H,22,25). The average molecular weight is 383 g/mol. The lowest BCUT2D eigenvalue weighted by Crippen LogP contribution is -2.43. The highest BCUT2D eigenvalue weighted by Gasteiger charge is 2.15. The summed E-state index contributed by atoms with van der Waals surface area (Å²) >= 11 is 5.79. The second-order valence-corrected chi connectivity index (χ2v) is 5.43. The molecule has 26 heavy (non-hydrogen) atoms. The summed E-state index contributed by atoms with van der Waals surface area (Å²) < 4.78 is 31.6. The molecule has 6 nitrogen and oxygen atoms in total. The van der Waals surface area contributed by atoms with Crippen LogP contribution in [0.1, 0.15) is 15.9 Å². The van der Waals surface area contributed by atoms with Gasteiger partial charge in [0.25, 0.3) is 11.8 Å². The maximum absolute atomic E-state index is 13.6. The summed E-state index contributed by atoms with van der Waals surface area (Å²) in [4.78, 5) is 34.9. The van der Waals surface area contributed by atoms with Crippen LogP contribution in [-0.2, 0) is 20.7 Å². The van der Waals surface area contributed by atoms with Crippen molar-refractivity contribution in [3.8, 4) is 0 Å². The molecule has 2 rings (SSSR count). The number of esters is 1. The zero-order valence-electron chi connectivity index (χ0n) is 13.2. The molecular formula is C17H13ClF2N2O4. The zero-order valence-corrected chi connectivity index (χ0v) is 14.0. The molecule has 9 heteroatoms. The summed E-state index contributed by atoms with van der Waals surface area (Å²) in [5.41, 5.74) is 3.63. The third-order valence-electron chi connectivity index (χ3n) is 3.18. The van der Waals surface area contributed by atoms with Gasteiger partial charge in [0, 0.05) is 10.6 Å². The van der Waals surface area contributed by atoms with E-state index >= 15 is 0 Å². The van der Waals surface area contributed by atoms with E-state index in [1.54, 1.807) is 0 Å². The predicted octanol–water partition coefficient (Wildman–Crippen LogP) is 2.17. The number of hydrogen-bond donors (Lipinski definition) is 2. The molecule has 0 saturated carbocycles. The van der Waals surface area contributed by atoms with Crippen molar-refractivity contribution in [2.45, 2.75) is 6.42 Å². The molecule has 0 aromatic heterocycles. The fourth-order valence-corrected chi connectivity index (χ4v) is 2.15. The van der Waals surface area contributed by atoms with Gasteiger partial charge in [-0.2, -0.15) is 0 Å². The van der Waals surface area contributed by atoms with Crippen molar-refractivity contribution in [2.24, 2.45) is 0 Å². The van der Waals surface area contributed by atoms with Crippen LogP contribution in [0, 0.1) is 11.6 Å². The number of nitrogens with one attached hydrogen (secondary N) is 2. The summed E-state index contributed by atoms with van der Waals surface area (Å²) in [5, 5.41) is 0.0588. The Kier molecular flexibility index (Phi) is 6.62. The Hall–Kier alpha value is -3.00. The van der Waals surface area contributed by atoms with Crippen molar-refractivity contribution in [3.05, 3.63) is 70.2 Å². The third-order valence-corrected chi connectivity index (χ3v) is 3.54. The summed E-state index contributed by atoms with van der Waals surface area (Å²) in [5.74, 6) is -4.04. The number of halogens is 3. The quantitative estimate of drug-likeness (QED) is 0.613. The molecule has 2 aromatic carbocycles. The van der Waals surface area contributed by atoms with E-state index in [9.17, 15) is 23.2 Å². The first kappa shape index (κ1) is 19.3. The number of hydrogen-bond acceptors (Lipinski definition) is 4. The molecule has 0 aliphatic heterocycles. The van der Waals surface area contributed by atoms with Crippen LogP contribution in [0.2, 0.25) is 5.02 Å². The second kappa shape index (κ2) is 8.91. The van der Waals surface area contributed by atoms with Crippen molar-refractivity contribution in [2.75, 3.05) is 6.61 Å². The first-order chi connectivity index (χ1) is 12.4. The van der Waals surface area contributed by atoms with Gasteiger partial charge in [-0.15, -0.1) is 0 Å². The van der Waals surface area contributed by atoms with E-state index in [0.29, 0.717) is 0 Å². The van der Waals surface area contributed by atoms with Gasteiger partial charge in [0.15, 0.2) is 6.61 Å². The summed E-state index contributed by atoms with van der Waals surface area (Å²) in [6, 6.07) is 9.12. The van der Waals surface area contributed by atoms with Crippen LogP contribution in [0.3, 0.4) is 0 Å². The minimum absolute atomic E-state index is 0.0487. The monoisotopic (exact) mass is 382 g/mol. The SMILES string of the molecule is O=C(COC(=O)Cc1c(F)cccc1Cl)NNC(=O)c1ccccc1F. The molecule has 0 fully saturated rings. The molecule has 0 spiro atoms. The fourth-order valence-electron chi connectivity index (χ4n) is 1.92. The topological polar surface area (TPSA) is 84.5 Å². The average Bonchev–Trinajstić information content (AvgIpc) is 2.61. The highest BCUT2D eigenvalue weighted by Crippen LogP contribution is 2.19. The fraction of sp³-hybridized carbons (Fsp3) is 0.118. The summed E-state index contributed by atoms with van der Waals surface area (Å²) in [6.07, 6.45) is -0.458. The molecule has 0 bridgehead atoms. The number of hydrazine groups is 1. The Labute approximate surface area is 152 Å². The lowest BCUT2D eigenvalue weighted by atomic mass is 10.1. The van der Waals surface area contributed by atoms with E-state index < -0.39 is 42.4 Å². The second-order valence-electron chi connectivity index (χ2n) is 5.02. The molecule has 2 amide bonds. The lowest BCUT2D eigenvalue weighted by Gasteiger charge is -2.09. The highest BCUT2D eigenvalue weighted by atomic mass is 35.5. The van der Waals surface area contributed by atoms with Crippen LogP contribution in [-0.4, -0.2) is 24.4 Å². The van der Waals surface area contributed by atoms with Gasteiger partial charge in [-0.3, -0.25) is 25.2 Å². The van der Waals surface area contributed by atoms with Crippen molar-refractivity contribution in [1.29, 1.82) is 0 Å². The largest absolute Gasteiger partial charge is 0.455 e. The van der Waals surface area contributed by atoms with Crippen molar-refractivity contribution >= 4 is 29.4 Å². The number of carbonyl (C=O) groups is 3. The zero-order chi connectivity index (χ0) is 19.1. The molecular weight excluding hydrogens is 370 g/mol. The van der Waals surface area contributed by atoms with Gasteiger partial charge in [0.1, 0.15) is 11.6 Å². The number of ether oxygens (including phenoxy) is 1. The van der Waals surface area contributed by atoms with Gasteiger partial charge >= 0.3 is 5.97 Å². The first-order valence-electron chi connectivity index (χ1n) is 7.30. The summed E-state index contributed by atoms with van der Waals surface area (Å²) in [7, 11) is 0. The molecule has 0 radical (unpaired) electrons. The molecule has 136 valence electrons. The van der Waals surface area contributed by atoms with Crippen molar-refractivity contribution in [3.63, 3.8) is 0 Å². The van der Waals surface area contributed by atoms with Gasteiger partial charge in [-0.05, 0) is 24.3 Å². The van der Waals surface area contributed by atoms with E-state index in [0.717, 1.165) is 12.1 Å². The molecule has 0 aliphatic carbocycles. The Morgan fingerprint density at radius 2 is 1.65 bits per heavy atom. The Morgan fingerprint density at radius 3 is 2.35 bits per heavy atom. The molecule has 0 atom stereocenters. The van der Waals surface area contributed by atoms with E-state index in [1.165, 1.54) is 30.3 Å². The van der Waals surface area contributed by atoms with Crippen LogP contribution in [0.4, 0.5) is 8.78 Å². The molecule has 0 unspecified atom stereocenters. The minimum atomic E-state index is -0.882. The molecule has 2 aromatic rings. The Morgan fingerprint density at radius 1 is 0.962 bits per heavy atom. The third kappa shape index (κ3) is 5.25. The Bertz CT molecular complexity index is 825. The van der Waals surface area contributed by atoms with Gasteiger partial charge in [0.05, 0.1) is 12.0 Å². The van der Waals surface area contributed by atoms with E-state index in [4.69, 9.17) is 11.6 Å². The van der Waals surface area contributed by atoms with Crippen LogP contribution in [0.15, 0.2) is 42.5 Å².